The minimum atomic E-state index is -1.05. The third-order valence-electron chi connectivity index (χ3n) is 4.55. The van der Waals surface area contributed by atoms with Crippen LogP contribution >= 0.6 is 0 Å². The fourth-order valence-corrected chi connectivity index (χ4v) is 3.23. The molecule has 2 saturated heterocycles. The van der Waals surface area contributed by atoms with Crippen LogP contribution in [-0.4, -0.2) is 46.7 Å². The topological polar surface area (TPSA) is 66.8 Å². The summed E-state index contributed by atoms with van der Waals surface area (Å²) in [7, 11) is 0. The van der Waals surface area contributed by atoms with E-state index in [1.807, 2.05) is 6.92 Å². The van der Waals surface area contributed by atoms with Crippen LogP contribution < -0.4 is 0 Å². The highest BCUT2D eigenvalue weighted by atomic mass is 16.5. The van der Waals surface area contributed by atoms with E-state index in [9.17, 15) is 14.7 Å². The molecular formula is C14H23NO4. The maximum Gasteiger partial charge on any atom is 0.329 e. The van der Waals surface area contributed by atoms with Crippen LogP contribution in [0.5, 0.6) is 0 Å². The number of amides is 1. The van der Waals surface area contributed by atoms with Gasteiger partial charge in [0.05, 0.1) is 12.0 Å². The van der Waals surface area contributed by atoms with E-state index in [-0.39, 0.29) is 17.9 Å². The number of carbonyl (C=O) groups excluding carboxylic acids is 1. The molecule has 2 fully saturated rings. The number of piperidine rings is 1. The molecule has 2 rings (SSSR count). The van der Waals surface area contributed by atoms with Gasteiger partial charge in [-0.25, -0.2) is 4.79 Å². The van der Waals surface area contributed by atoms with E-state index >= 15 is 0 Å². The molecule has 5 nitrogen and oxygen atoms in total. The fraction of sp³-hybridized carbons (Fsp3) is 0.857. The first-order chi connectivity index (χ1) is 9.00. The lowest BCUT2D eigenvalue weighted by molar-refractivity contribution is -0.163. The van der Waals surface area contributed by atoms with Crippen LogP contribution in [-0.2, 0) is 14.3 Å². The summed E-state index contributed by atoms with van der Waals surface area (Å²) in [5.74, 6) is -1.09. The van der Waals surface area contributed by atoms with Crippen molar-refractivity contribution >= 4 is 11.9 Å². The molecule has 0 aliphatic carbocycles. The maximum atomic E-state index is 12.7. The van der Waals surface area contributed by atoms with Gasteiger partial charge < -0.3 is 14.7 Å². The molecule has 3 atom stereocenters. The van der Waals surface area contributed by atoms with Crippen molar-refractivity contribution in [1.82, 2.24) is 4.90 Å². The van der Waals surface area contributed by atoms with E-state index in [0.29, 0.717) is 26.0 Å². The Morgan fingerprint density at radius 2 is 2.16 bits per heavy atom. The number of carbonyl (C=O) groups is 2. The molecule has 0 aromatic carbocycles. The van der Waals surface area contributed by atoms with Gasteiger partial charge in [0.2, 0.25) is 5.91 Å². The Bertz CT molecular complexity index is 370. The van der Waals surface area contributed by atoms with Gasteiger partial charge in [-0.3, -0.25) is 4.79 Å². The van der Waals surface area contributed by atoms with Crippen LogP contribution in [0.2, 0.25) is 0 Å². The van der Waals surface area contributed by atoms with Gasteiger partial charge in [0.15, 0.2) is 0 Å². The predicted molar refractivity (Wildman–Crippen MR) is 69.7 cm³/mol. The van der Waals surface area contributed by atoms with Crippen molar-refractivity contribution in [2.75, 3.05) is 13.2 Å². The largest absolute Gasteiger partial charge is 0.480 e. The monoisotopic (exact) mass is 269 g/mol. The molecule has 2 aliphatic heterocycles. The quantitative estimate of drug-likeness (QED) is 0.846. The number of carboxylic acids is 1. The van der Waals surface area contributed by atoms with Crippen molar-refractivity contribution in [1.29, 1.82) is 0 Å². The van der Waals surface area contributed by atoms with E-state index < -0.39 is 11.5 Å². The molecule has 0 saturated carbocycles. The van der Waals surface area contributed by atoms with Gasteiger partial charge in [-0.15, -0.1) is 0 Å². The highest BCUT2D eigenvalue weighted by Crippen LogP contribution is 2.33. The molecule has 19 heavy (non-hydrogen) atoms. The molecule has 5 heteroatoms. The Labute approximate surface area is 113 Å². The standard InChI is InChI=1S/C14H23NO4/c1-3-11-10(6-9-19-11)12(16)15-8-5-4-7-14(15,2)13(17)18/h10-11H,3-9H2,1-2H3,(H,17,18). The number of carboxylic acid groups (broad SMARTS) is 1. The molecule has 1 N–H and O–H groups in total. The summed E-state index contributed by atoms with van der Waals surface area (Å²) in [4.78, 5) is 25.8. The van der Waals surface area contributed by atoms with E-state index in [4.69, 9.17) is 4.74 Å². The van der Waals surface area contributed by atoms with Gasteiger partial charge >= 0.3 is 5.97 Å². The van der Waals surface area contributed by atoms with Crippen molar-refractivity contribution in [2.45, 2.75) is 57.6 Å². The van der Waals surface area contributed by atoms with Crippen molar-refractivity contribution < 1.29 is 19.4 Å². The molecule has 0 bridgehead atoms. The molecule has 0 radical (unpaired) electrons. The Balaban J connectivity index is 2.18. The second-order valence-electron chi connectivity index (χ2n) is 5.74. The summed E-state index contributed by atoms with van der Waals surface area (Å²) in [6.45, 7) is 4.83. The molecule has 1 amide bonds. The molecule has 108 valence electrons. The summed E-state index contributed by atoms with van der Waals surface area (Å²) >= 11 is 0. The molecule has 2 heterocycles. The lowest BCUT2D eigenvalue weighted by atomic mass is 9.86. The SMILES string of the molecule is CCC1OCCC1C(=O)N1CCCCC1(C)C(=O)O. The second-order valence-corrected chi connectivity index (χ2v) is 5.74. The van der Waals surface area contributed by atoms with Gasteiger partial charge in [0.1, 0.15) is 5.54 Å². The number of likely N-dealkylation sites (tertiary alicyclic amines) is 1. The van der Waals surface area contributed by atoms with Gasteiger partial charge in [-0.05, 0) is 39.0 Å². The third-order valence-corrected chi connectivity index (χ3v) is 4.55. The molecule has 3 unspecified atom stereocenters. The Morgan fingerprint density at radius 3 is 2.79 bits per heavy atom. The molecule has 0 spiro atoms. The number of nitrogens with zero attached hydrogens (tertiary/aromatic N) is 1. The van der Waals surface area contributed by atoms with Crippen LogP contribution in [0.25, 0.3) is 0 Å². The van der Waals surface area contributed by atoms with Crippen LogP contribution in [0.4, 0.5) is 0 Å². The highest BCUT2D eigenvalue weighted by Gasteiger charge is 2.47. The van der Waals surface area contributed by atoms with Gasteiger partial charge in [-0.1, -0.05) is 6.92 Å². The normalized spacial score (nSPS) is 35.4. The van der Waals surface area contributed by atoms with E-state index in [1.165, 1.54) is 0 Å². The number of hydrogen-bond acceptors (Lipinski definition) is 3. The van der Waals surface area contributed by atoms with E-state index in [1.54, 1.807) is 11.8 Å². The van der Waals surface area contributed by atoms with Gasteiger partial charge in [0, 0.05) is 13.2 Å². The van der Waals surface area contributed by atoms with Crippen molar-refractivity contribution in [3.8, 4) is 0 Å². The maximum absolute atomic E-state index is 12.7. The summed E-state index contributed by atoms with van der Waals surface area (Å²) in [5, 5.41) is 9.46. The second kappa shape index (κ2) is 5.49. The molecular weight excluding hydrogens is 246 g/mol. The number of rotatable bonds is 3. The van der Waals surface area contributed by atoms with Crippen molar-refractivity contribution in [3.05, 3.63) is 0 Å². The van der Waals surface area contributed by atoms with Crippen LogP contribution in [0.15, 0.2) is 0 Å². The van der Waals surface area contributed by atoms with Crippen LogP contribution in [0, 0.1) is 5.92 Å². The summed E-state index contributed by atoms with van der Waals surface area (Å²) in [5.41, 5.74) is -1.05. The Morgan fingerprint density at radius 1 is 1.42 bits per heavy atom. The number of aliphatic carboxylic acids is 1. The average Bonchev–Trinajstić information content (AvgIpc) is 2.86. The third kappa shape index (κ3) is 2.48. The summed E-state index contributed by atoms with van der Waals surface area (Å²) < 4.78 is 5.56. The number of hydrogen-bond donors (Lipinski definition) is 1. The zero-order valence-corrected chi connectivity index (χ0v) is 11.7. The molecule has 0 aromatic rings. The Kier molecular flexibility index (Phi) is 4.13. The lowest BCUT2D eigenvalue weighted by Gasteiger charge is -2.43. The van der Waals surface area contributed by atoms with Crippen LogP contribution in [0.3, 0.4) is 0 Å². The lowest BCUT2D eigenvalue weighted by Crippen LogP contribution is -2.59. The van der Waals surface area contributed by atoms with Crippen molar-refractivity contribution in [2.24, 2.45) is 5.92 Å². The fourth-order valence-electron chi connectivity index (χ4n) is 3.23. The summed E-state index contributed by atoms with van der Waals surface area (Å²) in [6, 6.07) is 0. The first kappa shape index (κ1) is 14.3. The first-order valence-corrected chi connectivity index (χ1v) is 7.17. The van der Waals surface area contributed by atoms with Crippen molar-refractivity contribution in [3.63, 3.8) is 0 Å². The van der Waals surface area contributed by atoms with E-state index in [0.717, 1.165) is 19.3 Å². The zero-order chi connectivity index (χ0) is 14.0. The predicted octanol–water partition coefficient (Wildman–Crippen LogP) is 1.66. The van der Waals surface area contributed by atoms with Crippen LogP contribution in [0.1, 0.15) is 46.0 Å². The minimum Gasteiger partial charge on any atom is -0.480 e. The smallest absolute Gasteiger partial charge is 0.329 e. The average molecular weight is 269 g/mol. The minimum absolute atomic E-state index is 0.0334. The zero-order valence-electron chi connectivity index (χ0n) is 11.7. The Hall–Kier alpha value is -1.10. The molecule has 2 aliphatic rings. The summed E-state index contributed by atoms with van der Waals surface area (Å²) in [6.07, 6.45) is 3.76. The van der Waals surface area contributed by atoms with E-state index in [2.05, 4.69) is 0 Å². The number of ether oxygens (including phenoxy) is 1. The molecule has 0 aromatic heterocycles. The first-order valence-electron chi connectivity index (χ1n) is 7.17. The highest BCUT2D eigenvalue weighted by molar-refractivity contribution is 5.88. The van der Waals surface area contributed by atoms with Gasteiger partial charge in [-0.2, -0.15) is 0 Å². The van der Waals surface area contributed by atoms with Gasteiger partial charge in [0.25, 0.3) is 0 Å².